The summed E-state index contributed by atoms with van der Waals surface area (Å²) in [5.41, 5.74) is 8.27. The Hall–Kier alpha value is -1.55. The number of nitrogens with two attached hydrogens (primary N) is 1. The molecule has 1 aromatic rings. The fraction of sp³-hybridized carbons (Fsp3) is 0.588. The van der Waals surface area contributed by atoms with Crippen LogP contribution in [0, 0.1) is 6.92 Å². The predicted molar refractivity (Wildman–Crippen MR) is 86.5 cm³/mol. The Bertz CT molecular complexity index is 460. The van der Waals surface area contributed by atoms with E-state index in [4.69, 9.17) is 10.5 Å². The molecule has 21 heavy (non-hydrogen) atoms. The van der Waals surface area contributed by atoms with Crippen molar-refractivity contribution in [2.45, 2.75) is 59.0 Å². The van der Waals surface area contributed by atoms with E-state index in [-0.39, 0.29) is 24.6 Å². The fourth-order valence-corrected chi connectivity index (χ4v) is 2.00. The van der Waals surface area contributed by atoms with Gasteiger partial charge in [0.15, 0.2) is 6.61 Å². The van der Waals surface area contributed by atoms with Gasteiger partial charge in [0, 0.05) is 12.1 Å². The maximum atomic E-state index is 11.8. The van der Waals surface area contributed by atoms with Gasteiger partial charge in [-0.25, -0.2) is 0 Å². The molecule has 1 amide bonds. The number of benzene rings is 1. The average molecular weight is 292 g/mol. The van der Waals surface area contributed by atoms with Crippen LogP contribution in [-0.2, 0) is 11.2 Å². The number of carbonyl (C=O) groups excluding carboxylic acids is 1. The van der Waals surface area contributed by atoms with Crippen LogP contribution in [0.5, 0.6) is 5.75 Å². The van der Waals surface area contributed by atoms with Gasteiger partial charge in [-0.1, -0.05) is 31.5 Å². The molecule has 0 aliphatic heterocycles. The van der Waals surface area contributed by atoms with Gasteiger partial charge in [0.25, 0.3) is 5.91 Å². The number of aryl methyl sites for hydroxylation is 1. The molecule has 0 aliphatic rings. The largest absolute Gasteiger partial charge is 0.483 e. The molecule has 3 N–H and O–H groups in total. The van der Waals surface area contributed by atoms with Crippen molar-refractivity contribution in [1.29, 1.82) is 0 Å². The summed E-state index contributed by atoms with van der Waals surface area (Å²) in [4.78, 5) is 11.8. The van der Waals surface area contributed by atoms with Gasteiger partial charge < -0.3 is 15.8 Å². The Balaban J connectivity index is 2.67. The van der Waals surface area contributed by atoms with Gasteiger partial charge in [-0.2, -0.15) is 0 Å². The molecule has 4 heteroatoms. The van der Waals surface area contributed by atoms with E-state index < -0.39 is 0 Å². The smallest absolute Gasteiger partial charge is 0.258 e. The van der Waals surface area contributed by atoms with Crippen LogP contribution in [0.15, 0.2) is 18.2 Å². The van der Waals surface area contributed by atoms with E-state index in [9.17, 15) is 4.79 Å². The molecule has 0 saturated carbocycles. The van der Waals surface area contributed by atoms with E-state index >= 15 is 0 Å². The lowest BCUT2D eigenvalue weighted by atomic mass is 10.0. The van der Waals surface area contributed by atoms with E-state index in [0.717, 1.165) is 30.6 Å². The Labute approximate surface area is 128 Å². The lowest BCUT2D eigenvalue weighted by Crippen LogP contribution is -2.35. The molecule has 0 radical (unpaired) electrons. The van der Waals surface area contributed by atoms with Gasteiger partial charge >= 0.3 is 0 Å². The fourth-order valence-electron chi connectivity index (χ4n) is 2.00. The lowest BCUT2D eigenvalue weighted by molar-refractivity contribution is -0.123. The van der Waals surface area contributed by atoms with Crippen molar-refractivity contribution in [3.05, 3.63) is 29.3 Å². The molecule has 0 aliphatic carbocycles. The quantitative estimate of drug-likeness (QED) is 0.774. The summed E-state index contributed by atoms with van der Waals surface area (Å²) in [6.07, 6.45) is 2.59. The van der Waals surface area contributed by atoms with E-state index in [1.165, 1.54) is 5.56 Å². The van der Waals surface area contributed by atoms with E-state index in [2.05, 4.69) is 18.3 Å². The molecule has 2 atom stereocenters. The Kier molecular flexibility index (Phi) is 7.23. The van der Waals surface area contributed by atoms with Crippen molar-refractivity contribution < 1.29 is 9.53 Å². The normalized spacial score (nSPS) is 13.6. The molecular formula is C17H28N2O2. The van der Waals surface area contributed by atoms with Gasteiger partial charge in [0.05, 0.1) is 0 Å². The van der Waals surface area contributed by atoms with Crippen molar-refractivity contribution in [1.82, 2.24) is 5.32 Å². The molecule has 0 fully saturated rings. The number of hydrogen-bond acceptors (Lipinski definition) is 3. The first-order chi connectivity index (χ1) is 9.96. The minimum Gasteiger partial charge on any atom is -0.483 e. The van der Waals surface area contributed by atoms with Crippen molar-refractivity contribution in [3.8, 4) is 5.75 Å². The summed E-state index contributed by atoms with van der Waals surface area (Å²) >= 11 is 0. The monoisotopic (exact) mass is 292 g/mol. The summed E-state index contributed by atoms with van der Waals surface area (Å²) in [6, 6.07) is 6.28. The van der Waals surface area contributed by atoms with Gasteiger partial charge in [-0.15, -0.1) is 0 Å². The third-order valence-corrected chi connectivity index (χ3v) is 3.60. The molecule has 118 valence electrons. The van der Waals surface area contributed by atoms with Crippen LogP contribution in [-0.4, -0.2) is 24.6 Å². The zero-order chi connectivity index (χ0) is 15.8. The van der Waals surface area contributed by atoms with Crippen molar-refractivity contribution >= 4 is 5.91 Å². The summed E-state index contributed by atoms with van der Waals surface area (Å²) in [5, 5.41) is 2.89. The van der Waals surface area contributed by atoms with Crippen LogP contribution in [0.25, 0.3) is 0 Å². The molecule has 1 aromatic carbocycles. The highest BCUT2D eigenvalue weighted by Crippen LogP contribution is 2.22. The molecule has 0 aromatic heterocycles. The van der Waals surface area contributed by atoms with Gasteiger partial charge in [-0.3, -0.25) is 4.79 Å². The standard InChI is InChI=1S/C17H28N2O2/c1-5-13(4)19-17(20)11-21-16-8-7-12(3)9-14(16)10-15(18)6-2/h7-9,13,15H,5-6,10-11,18H2,1-4H3,(H,19,20). The topological polar surface area (TPSA) is 64.3 Å². The molecular weight excluding hydrogens is 264 g/mol. The lowest BCUT2D eigenvalue weighted by Gasteiger charge is -2.16. The maximum absolute atomic E-state index is 11.8. The van der Waals surface area contributed by atoms with Crippen molar-refractivity contribution in [2.24, 2.45) is 5.73 Å². The number of rotatable bonds is 8. The summed E-state index contributed by atoms with van der Waals surface area (Å²) in [7, 11) is 0. The number of nitrogens with one attached hydrogen (secondary N) is 1. The minimum atomic E-state index is -0.0873. The predicted octanol–water partition coefficient (Wildman–Crippen LogP) is 2.57. The van der Waals surface area contributed by atoms with E-state index in [0.29, 0.717) is 0 Å². The average Bonchev–Trinajstić information content (AvgIpc) is 2.46. The SMILES string of the molecule is CCC(N)Cc1cc(C)ccc1OCC(=O)NC(C)CC. The summed E-state index contributed by atoms with van der Waals surface area (Å²) in [5.74, 6) is 0.666. The van der Waals surface area contributed by atoms with Gasteiger partial charge in [0.1, 0.15) is 5.75 Å². The highest BCUT2D eigenvalue weighted by Gasteiger charge is 2.11. The first kappa shape index (κ1) is 17.5. The van der Waals surface area contributed by atoms with Crippen LogP contribution in [0.1, 0.15) is 44.7 Å². The van der Waals surface area contributed by atoms with Crippen molar-refractivity contribution in [2.75, 3.05) is 6.61 Å². The summed E-state index contributed by atoms with van der Waals surface area (Å²) < 4.78 is 5.68. The minimum absolute atomic E-state index is 0.0434. The van der Waals surface area contributed by atoms with Crippen molar-refractivity contribution in [3.63, 3.8) is 0 Å². The first-order valence-electron chi connectivity index (χ1n) is 7.73. The number of carbonyl (C=O) groups is 1. The Morgan fingerprint density at radius 3 is 2.67 bits per heavy atom. The second-order valence-electron chi connectivity index (χ2n) is 5.65. The summed E-state index contributed by atoms with van der Waals surface area (Å²) in [6.45, 7) is 8.17. The molecule has 0 saturated heterocycles. The maximum Gasteiger partial charge on any atom is 0.258 e. The molecule has 4 nitrogen and oxygen atoms in total. The Morgan fingerprint density at radius 1 is 1.33 bits per heavy atom. The second-order valence-corrected chi connectivity index (χ2v) is 5.65. The van der Waals surface area contributed by atoms with Gasteiger partial charge in [0.2, 0.25) is 0 Å². The second kappa shape index (κ2) is 8.67. The molecule has 0 bridgehead atoms. The highest BCUT2D eigenvalue weighted by molar-refractivity contribution is 5.77. The number of hydrogen-bond donors (Lipinski definition) is 2. The van der Waals surface area contributed by atoms with Gasteiger partial charge in [-0.05, 0) is 44.7 Å². The van der Waals surface area contributed by atoms with Crippen LogP contribution in [0.2, 0.25) is 0 Å². The van der Waals surface area contributed by atoms with Crippen LogP contribution >= 0.6 is 0 Å². The Morgan fingerprint density at radius 2 is 2.05 bits per heavy atom. The molecule has 2 unspecified atom stereocenters. The van der Waals surface area contributed by atoms with E-state index in [1.807, 2.05) is 32.9 Å². The number of amides is 1. The van der Waals surface area contributed by atoms with E-state index in [1.54, 1.807) is 0 Å². The third kappa shape index (κ3) is 6.17. The van der Waals surface area contributed by atoms with Crippen LogP contribution in [0.4, 0.5) is 0 Å². The molecule has 0 heterocycles. The first-order valence-corrected chi connectivity index (χ1v) is 7.73. The van der Waals surface area contributed by atoms with Crippen LogP contribution in [0.3, 0.4) is 0 Å². The zero-order valence-corrected chi connectivity index (χ0v) is 13.6. The van der Waals surface area contributed by atoms with Crippen LogP contribution < -0.4 is 15.8 Å². The highest BCUT2D eigenvalue weighted by atomic mass is 16.5. The zero-order valence-electron chi connectivity index (χ0n) is 13.6. The third-order valence-electron chi connectivity index (χ3n) is 3.60. The number of ether oxygens (including phenoxy) is 1. The molecule has 0 spiro atoms. The molecule has 1 rings (SSSR count).